The SMILES string of the molecule is COc1ccc(-c2ccc3nnc(SCC(=O)Nc4nc(C)cs4)n3n2)cc1OC. The lowest BCUT2D eigenvalue weighted by Gasteiger charge is -2.09. The van der Waals surface area contributed by atoms with E-state index in [1.165, 1.54) is 23.1 Å². The molecule has 0 saturated heterocycles. The summed E-state index contributed by atoms with van der Waals surface area (Å²) < 4.78 is 12.3. The van der Waals surface area contributed by atoms with Crippen LogP contribution >= 0.6 is 23.1 Å². The van der Waals surface area contributed by atoms with Crippen LogP contribution < -0.4 is 14.8 Å². The second kappa shape index (κ2) is 8.67. The third kappa shape index (κ3) is 4.21. The van der Waals surface area contributed by atoms with Crippen molar-refractivity contribution in [1.82, 2.24) is 24.8 Å². The van der Waals surface area contributed by atoms with Gasteiger partial charge in [0.25, 0.3) is 0 Å². The van der Waals surface area contributed by atoms with Gasteiger partial charge in [0.05, 0.1) is 31.4 Å². The van der Waals surface area contributed by atoms with Gasteiger partial charge in [0.1, 0.15) is 0 Å². The Morgan fingerprint density at radius 1 is 1.17 bits per heavy atom. The predicted octanol–water partition coefficient (Wildman–Crippen LogP) is 3.30. The summed E-state index contributed by atoms with van der Waals surface area (Å²) in [6, 6.07) is 9.27. The van der Waals surface area contributed by atoms with Crippen molar-refractivity contribution in [2.75, 3.05) is 25.3 Å². The lowest BCUT2D eigenvalue weighted by molar-refractivity contribution is -0.113. The number of aromatic nitrogens is 5. The molecule has 30 heavy (non-hydrogen) atoms. The summed E-state index contributed by atoms with van der Waals surface area (Å²) in [5.41, 5.74) is 3.04. The van der Waals surface area contributed by atoms with Crippen molar-refractivity contribution < 1.29 is 14.3 Å². The molecule has 0 spiro atoms. The van der Waals surface area contributed by atoms with E-state index in [0.717, 1.165) is 11.3 Å². The number of hydrogen-bond acceptors (Lipinski definition) is 9. The molecule has 154 valence electrons. The number of nitrogens with one attached hydrogen (secondary N) is 1. The van der Waals surface area contributed by atoms with E-state index in [-0.39, 0.29) is 11.7 Å². The number of aryl methyl sites for hydroxylation is 1. The Balaban J connectivity index is 1.53. The molecular formula is C19H18N6O3S2. The molecule has 4 aromatic rings. The van der Waals surface area contributed by atoms with E-state index < -0.39 is 0 Å². The zero-order valence-electron chi connectivity index (χ0n) is 16.4. The number of methoxy groups -OCH3 is 2. The second-order valence-electron chi connectivity index (χ2n) is 6.17. The minimum atomic E-state index is -0.165. The number of carbonyl (C=O) groups is 1. The zero-order chi connectivity index (χ0) is 21.1. The highest BCUT2D eigenvalue weighted by Gasteiger charge is 2.14. The minimum absolute atomic E-state index is 0.165. The maximum Gasteiger partial charge on any atom is 0.236 e. The molecule has 0 aliphatic rings. The normalized spacial score (nSPS) is 10.9. The third-order valence-electron chi connectivity index (χ3n) is 4.11. The third-order valence-corrected chi connectivity index (χ3v) is 5.91. The van der Waals surface area contributed by atoms with Crippen LogP contribution in [0.1, 0.15) is 5.69 Å². The highest BCUT2D eigenvalue weighted by atomic mass is 32.2. The maximum atomic E-state index is 12.2. The number of rotatable bonds is 7. The van der Waals surface area contributed by atoms with Gasteiger partial charge in [-0.3, -0.25) is 4.79 Å². The van der Waals surface area contributed by atoms with Crippen molar-refractivity contribution in [2.45, 2.75) is 12.1 Å². The van der Waals surface area contributed by atoms with Gasteiger partial charge in [0, 0.05) is 10.9 Å². The molecule has 9 nitrogen and oxygen atoms in total. The molecule has 1 N–H and O–H groups in total. The van der Waals surface area contributed by atoms with Gasteiger partial charge in [0.15, 0.2) is 22.3 Å². The summed E-state index contributed by atoms with van der Waals surface area (Å²) in [5, 5.41) is 18.7. The first-order valence-corrected chi connectivity index (χ1v) is 10.7. The average Bonchev–Trinajstić information content (AvgIpc) is 3.36. The first-order chi connectivity index (χ1) is 14.6. The number of ether oxygens (including phenoxy) is 2. The Hall–Kier alpha value is -3.18. The van der Waals surface area contributed by atoms with Crippen LogP contribution in [0.25, 0.3) is 16.9 Å². The first kappa shape index (κ1) is 20.1. The number of thiazole rings is 1. The number of carbonyl (C=O) groups excluding carboxylic acids is 1. The van der Waals surface area contributed by atoms with Crippen molar-refractivity contribution in [3.05, 3.63) is 41.4 Å². The van der Waals surface area contributed by atoms with Crippen molar-refractivity contribution in [3.63, 3.8) is 0 Å². The summed E-state index contributed by atoms with van der Waals surface area (Å²) in [6.45, 7) is 1.88. The summed E-state index contributed by atoms with van der Waals surface area (Å²) in [4.78, 5) is 16.4. The molecule has 0 radical (unpaired) electrons. The Bertz CT molecular complexity index is 1210. The zero-order valence-corrected chi connectivity index (χ0v) is 18.1. The van der Waals surface area contributed by atoms with E-state index in [1.807, 2.05) is 42.6 Å². The molecule has 0 atom stereocenters. The summed E-state index contributed by atoms with van der Waals surface area (Å²) in [5.74, 6) is 1.26. The van der Waals surface area contributed by atoms with Crippen LogP contribution in [0.4, 0.5) is 5.13 Å². The van der Waals surface area contributed by atoms with Gasteiger partial charge in [-0.05, 0) is 37.3 Å². The van der Waals surface area contributed by atoms with E-state index in [0.29, 0.717) is 33.1 Å². The highest BCUT2D eigenvalue weighted by Crippen LogP contribution is 2.31. The van der Waals surface area contributed by atoms with Gasteiger partial charge in [-0.2, -0.15) is 9.61 Å². The molecule has 0 bridgehead atoms. The fraction of sp³-hybridized carbons (Fsp3) is 0.211. The number of anilines is 1. The van der Waals surface area contributed by atoms with Crippen LogP contribution in [0, 0.1) is 6.92 Å². The minimum Gasteiger partial charge on any atom is -0.493 e. The molecule has 0 unspecified atom stereocenters. The molecule has 1 amide bonds. The van der Waals surface area contributed by atoms with Crippen molar-refractivity contribution in [1.29, 1.82) is 0 Å². The first-order valence-electron chi connectivity index (χ1n) is 8.87. The van der Waals surface area contributed by atoms with Crippen molar-refractivity contribution >= 4 is 39.8 Å². The number of benzene rings is 1. The Labute approximate surface area is 180 Å². The van der Waals surface area contributed by atoms with Crippen molar-refractivity contribution in [2.24, 2.45) is 0 Å². The van der Waals surface area contributed by atoms with E-state index in [9.17, 15) is 4.79 Å². The summed E-state index contributed by atoms with van der Waals surface area (Å²) >= 11 is 2.65. The van der Waals surface area contributed by atoms with Crippen LogP contribution in [0.2, 0.25) is 0 Å². The standard InChI is InChI=1S/C19H18N6O3S2/c1-11-9-29-18(20-11)21-17(26)10-30-19-23-22-16-7-5-13(24-25(16)19)12-4-6-14(27-2)15(8-12)28-3/h4-9H,10H2,1-3H3,(H,20,21,26). The topological polar surface area (TPSA) is 104 Å². The lowest BCUT2D eigenvalue weighted by Crippen LogP contribution is -2.14. The molecule has 0 saturated carbocycles. The molecule has 0 aliphatic carbocycles. The van der Waals surface area contributed by atoms with Gasteiger partial charge in [-0.25, -0.2) is 4.98 Å². The van der Waals surface area contributed by atoms with E-state index in [4.69, 9.17) is 9.47 Å². The Kier molecular flexibility index (Phi) is 5.81. The summed E-state index contributed by atoms with van der Waals surface area (Å²) in [7, 11) is 3.18. The van der Waals surface area contributed by atoms with E-state index >= 15 is 0 Å². The Morgan fingerprint density at radius 2 is 2.00 bits per heavy atom. The molecule has 0 fully saturated rings. The number of amides is 1. The quantitative estimate of drug-likeness (QED) is 0.435. The second-order valence-corrected chi connectivity index (χ2v) is 7.97. The van der Waals surface area contributed by atoms with E-state index in [2.05, 4.69) is 25.6 Å². The van der Waals surface area contributed by atoms with Gasteiger partial charge < -0.3 is 14.8 Å². The smallest absolute Gasteiger partial charge is 0.236 e. The number of fused-ring (bicyclic) bond motifs is 1. The van der Waals surface area contributed by atoms with Gasteiger partial charge >= 0.3 is 0 Å². The van der Waals surface area contributed by atoms with Crippen molar-refractivity contribution in [3.8, 4) is 22.8 Å². The summed E-state index contributed by atoms with van der Waals surface area (Å²) in [6.07, 6.45) is 0. The molecule has 1 aromatic carbocycles. The monoisotopic (exact) mass is 442 g/mol. The molecule has 11 heteroatoms. The average molecular weight is 443 g/mol. The molecule has 0 aliphatic heterocycles. The largest absolute Gasteiger partial charge is 0.493 e. The van der Waals surface area contributed by atoms with Gasteiger partial charge in [-0.15, -0.1) is 21.5 Å². The number of thioether (sulfide) groups is 1. The van der Waals surface area contributed by atoms with Gasteiger partial charge in [0.2, 0.25) is 11.1 Å². The Morgan fingerprint density at radius 3 is 2.73 bits per heavy atom. The fourth-order valence-corrected chi connectivity index (χ4v) is 4.10. The van der Waals surface area contributed by atoms with Gasteiger partial charge in [-0.1, -0.05) is 11.8 Å². The van der Waals surface area contributed by atoms with Crippen LogP contribution in [-0.4, -0.2) is 50.7 Å². The van der Waals surface area contributed by atoms with E-state index in [1.54, 1.807) is 18.7 Å². The number of hydrogen-bond donors (Lipinski definition) is 1. The molecular weight excluding hydrogens is 424 g/mol. The predicted molar refractivity (Wildman–Crippen MR) is 116 cm³/mol. The molecule has 4 rings (SSSR count). The highest BCUT2D eigenvalue weighted by molar-refractivity contribution is 7.99. The van der Waals surface area contributed by atoms with Crippen LogP contribution in [0.3, 0.4) is 0 Å². The lowest BCUT2D eigenvalue weighted by atomic mass is 10.1. The maximum absolute atomic E-state index is 12.2. The van der Waals surface area contributed by atoms with Crippen LogP contribution in [0.15, 0.2) is 40.9 Å². The molecule has 3 aromatic heterocycles. The number of nitrogens with zero attached hydrogens (tertiary/aromatic N) is 5. The van der Waals surface area contributed by atoms with Crippen LogP contribution in [0.5, 0.6) is 11.5 Å². The molecule has 3 heterocycles. The fourth-order valence-electron chi connectivity index (χ4n) is 2.71. The van der Waals surface area contributed by atoms with Crippen LogP contribution in [-0.2, 0) is 4.79 Å².